The van der Waals surface area contributed by atoms with Crippen LogP contribution in [0.15, 0.2) is 11.2 Å². The zero-order valence-electron chi connectivity index (χ0n) is 7.47. The molecule has 0 radical (unpaired) electrons. The molecule has 9 heteroatoms. The van der Waals surface area contributed by atoms with Gasteiger partial charge >= 0.3 is 5.97 Å². The van der Waals surface area contributed by atoms with E-state index >= 15 is 0 Å². The Balaban J connectivity index is 3.05. The van der Waals surface area contributed by atoms with Crippen LogP contribution in [0.4, 0.5) is 0 Å². The predicted molar refractivity (Wildman–Crippen MR) is 47.8 cm³/mol. The van der Waals surface area contributed by atoms with Crippen LogP contribution < -0.4 is 4.72 Å². The Labute approximate surface area is 85.0 Å². The van der Waals surface area contributed by atoms with Gasteiger partial charge in [-0.1, -0.05) is 0 Å². The van der Waals surface area contributed by atoms with Crippen molar-refractivity contribution in [3.8, 4) is 0 Å². The van der Waals surface area contributed by atoms with Gasteiger partial charge in [0.25, 0.3) is 10.0 Å². The van der Waals surface area contributed by atoms with E-state index in [9.17, 15) is 13.2 Å². The lowest BCUT2D eigenvalue weighted by atomic mass is 10.4. The zero-order chi connectivity index (χ0) is 11.5. The second-order valence-corrected chi connectivity index (χ2v) is 4.24. The molecule has 15 heavy (non-hydrogen) atoms. The quantitative estimate of drug-likeness (QED) is 0.484. The number of aromatic carboxylic acids is 1. The van der Waals surface area contributed by atoms with Crippen LogP contribution in [0.1, 0.15) is 10.4 Å². The highest BCUT2D eigenvalue weighted by atomic mass is 32.2. The summed E-state index contributed by atoms with van der Waals surface area (Å²) < 4.78 is 24.8. The molecule has 1 aromatic rings. The lowest BCUT2D eigenvalue weighted by Crippen LogP contribution is -2.28. The highest BCUT2D eigenvalue weighted by Gasteiger charge is 2.23. The number of carboxylic acids is 1. The molecule has 0 unspecified atom stereocenters. The molecule has 0 aliphatic heterocycles. The van der Waals surface area contributed by atoms with Gasteiger partial charge in [0.15, 0.2) is 5.03 Å². The summed E-state index contributed by atoms with van der Waals surface area (Å²) in [6, 6.07) is 0. The predicted octanol–water partition coefficient (Wildman–Crippen LogP) is -1.62. The Morgan fingerprint density at radius 3 is 2.80 bits per heavy atom. The molecule has 84 valence electrons. The average Bonchev–Trinajstić information content (AvgIpc) is 2.63. The summed E-state index contributed by atoms with van der Waals surface area (Å²) in [5.41, 5.74) is -0.444. The van der Waals surface area contributed by atoms with Crippen molar-refractivity contribution in [2.45, 2.75) is 5.03 Å². The van der Waals surface area contributed by atoms with Gasteiger partial charge in [0.05, 0.1) is 12.8 Å². The fraction of sp³-hybridized carbons (Fsp3) is 0.333. The Morgan fingerprint density at radius 1 is 1.60 bits per heavy atom. The number of aromatic nitrogens is 2. The number of nitrogens with zero attached hydrogens (tertiary/aromatic N) is 1. The number of carbonyl (C=O) groups is 1. The number of carboxylic acid groups (broad SMARTS) is 1. The minimum Gasteiger partial charge on any atom is -0.478 e. The molecule has 8 nitrogen and oxygen atoms in total. The van der Waals surface area contributed by atoms with Crippen molar-refractivity contribution in [3.63, 3.8) is 0 Å². The number of aliphatic hydroxyl groups excluding tert-OH is 1. The van der Waals surface area contributed by atoms with Crippen LogP contribution in [0.3, 0.4) is 0 Å². The minimum absolute atomic E-state index is 0.194. The largest absolute Gasteiger partial charge is 0.478 e. The minimum atomic E-state index is -3.96. The first-order valence-corrected chi connectivity index (χ1v) is 5.34. The molecule has 0 amide bonds. The molecule has 0 aliphatic carbocycles. The van der Waals surface area contributed by atoms with E-state index in [0.717, 1.165) is 6.20 Å². The van der Waals surface area contributed by atoms with Gasteiger partial charge in [0, 0.05) is 6.54 Å². The molecule has 0 spiro atoms. The summed E-state index contributed by atoms with van der Waals surface area (Å²) in [6.45, 7) is -0.573. The van der Waals surface area contributed by atoms with E-state index in [1.165, 1.54) is 0 Å². The zero-order valence-corrected chi connectivity index (χ0v) is 8.28. The second kappa shape index (κ2) is 4.38. The molecule has 0 saturated heterocycles. The van der Waals surface area contributed by atoms with E-state index in [0.29, 0.717) is 0 Å². The maximum atomic E-state index is 11.4. The third-order valence-corrected chi connectivity index (χ3v) is 2.94. The fourth-order valence-electron chi connectivity index (χ4n) is 0.884. The average molecular weight is 235 g/mol. The monoisotopic (exact) mass is 235 g/mol. The molecule has 1 rings (SSSR count). The van der Waals surface area contributed by atoms with Gasteiger partial charge in [-0.3, -0.25) is 5.10 Å². The number of aliphatic hydroxyl groups is 1. The molecule has 0 aliphatic rings. The maximum Gasteiger partial charge on any atom is 0.340 e. The molecule has 4 N–H and O–H groups in total. The topological polar surface area (TPSA) is 132 Å². The molecule has 0 saturated carbocycles. The van der Waals surface area contributed by atoms with E-state index in [4.69, 9.17) is 10.2 Å². The molecule has 0 aromatic carbocycles. The molecule has 1 aromatic heterocycles. The molecule has 1 heterocycles. The van der Waals surface area contributed by atoms with Crippen LogP contribution in [0, 0.1) is 0 Å². The van der Waals surface area contributed by atoms with Gasteiger partial charge in [0.1, 0.15) is 5.56 Å². The summed E-state index contributed by atoms with van der Waals surface area (Å²) in [7, 11) is -3.96. The van der Waals surface area contributed by atoms with Crippen LogP contribution in [0.2, 0.25) is 0 Å². The van der Waals surface area contributed by atoms with Crippen molar-refractivity contribution in [2.24, 2.45) is 0 Å². The lowest BCUT2D eigenvalue weighted by molar-refractivity contribution is 0.0692. The first-order valence-electron chi connectivity index (χ1n) is 3.86. The molecule has 0 bridgehead atoms. The van der Waals surface area contributed by atoms with E-state index < -0.39 is 26.6 Å². The first kappa shape index (κ1) is 11.6. The summed E-state index contributed by atoms with van der Waals surface area (Å²) in [6.07, 6.45) is 0.899. The smallest absolute Gasteiger partial charge is 0.340 e. The number of sulfonamides is 1. The number of aromatic amines is 1. The van der Waals surface area contributed by atoms with Crippen LogP contribution in [0.5, 0.6) is 0 Å². The van der Waals surface area contributed by atoms with E-state index in [1.807, 2.05) is 4.72 Å². The van der Waals surface area contributed by atoms with E-state index in [-0.39, 0.29) is 13.2 Å². The Morgan fingerprint density at radius 2 is 2.27 bits per heavy atom. The number of nitrogens with one attached hydrogen (secondary N) is 2. The van der Waals surface area contributed by atoms with E-state index in [1.54, 1.807) is 0 Å². The normalized spacial score (nSPS) is 11.5. The summed E-state index contributed by atoms with van der Waals surface area (Å²) in [4.78, 5) is 10.6. The van der Waals surface area contributed by atoms with Gasteiger partial charge < -0.3 is 10.2 Å². The standard InChI is InChI=1S/C6H9N3O5S/c10-2-1-8-15(13,14)5-4(6(11)12)3-7-9-5/h3,8,10H,1-2H2,(H,7,9)(H,11,12). The van der Waals surface area contributed by atoms with E-state index in [2.05, 4.69) is 10.2 Å². The van der Waals surface area contributed by atoms with Gasteiger partial charge in [-0.2, -0.15) is 5.10 Å². The lowest BCUT2D eigenvalue weighted by Gasteiger charge is -2.03. The molecular weight excluding hydrogens is 226 g/mol. The van der Waals surface area contributed by atoms with Crippen molar-refractivity contribution in [3.05, 3.63) is 11.8 Å². The van der Waals surface area contributed by atoms with Gasteiger partial charge in [-0.15, -0.1) is 0 Å². The summed E-state index contributed by atoms with van der Waals surface area (Å²) in [5, 5.41) is 22.0. The van der Waals surface area contributed by atoms with Gasteiger partial charge in [-0.25, -0.2) is 17.9 Å². The van der Waals surface area contributed by atoms with Crippen molar-refractivity contribution < 1.29 is 23.4 Å². The van der Waals surface area contributed by atoms with Crippen LogP contribution in [0.25, 0.3) is 0 Å². The second-order valence-electron chi connectivity index (χ2n) is 2.54. The Kier molecular flexibility index (Phi) is 3.39. The summed E-state index contributed by atoms with van der Waals surface area (Å²) >= 11 is 0. The van der Waals surface area contributed by atoms with Crippen molar-refractivity contribution in [1.29, 1.82) is 0 Å². The number of hydrogen-bond donors (Lipinski definition) is 4. The SMILES string of the molecule is O=C(O)c1cn[nH]c1S(=O)(=O)NCCO. The Hall–Kier alpha value is -1.45. The van der Waals surface area contributed by atoms with Crippen molar-refractivity contribution >= 4 is 16.0 Å². The van der Waals surface area contributed by atoms with Crippen LogP contribution >= 0.6 is 0 Å². The van der Waals surface area contributed by atoms with Gasteiger partial charge in [-0.05, 0) is 0 Å². The fourth-order valence-corrected chi connectivity index (χ4v) is 1.99. The van der Waals surface area contributed by atoms with Crippen molar-refractivity contribution in [2.75, 3.05) is 13.2 Å². The first-order chi connectivity index (χ1) is 6.99. The third kappa shape index (κ3) is 2.52. The Bertz CT molecular complexity index is 451. The highest BCUT2D eigenvalue weighted by molar-refractivity contribution is 7.89. The number of H-pyrrole nitrogens is 1. The molecular formula is C6H9N3O5S. The number of rotatable bonds is 5. The highest BCUT2D eigenvalue weighted by Crippen LogP contribution is 2.10. The summed E-state index contributed by atoms with van der Waals surface area (Å²) in [5.74, 6) is -1.40. The van der Waals surface area contributed by atoms with Crippen LogP contribution in [-0.4, -0.2) is 47.9 Å². The molecule has 0 fully saturated rings. The maximum absolute atomic E-state index is 11.4. The number of hydrogen-bond acceptors (Lipinski definition) is 5. The van der Waals surface area contributed by atoms with Crippen molar-refractivity contribution in [1.82, 2.24) is 14.9 Å². The molecule has 0 atom stereocenters. The van der Waals surface area contributed by atoms with Gasteiger partial charge in [0.2, 0.25) is 0 Å². The third-order valence-electron chi connectivity index (χ3n) is 1.51. The van der Waals surface area contributed by atoms with Crippen LogP contribution in [-0.2, 0) is 10.0 Å².